The van der Waals surface area contributed by atoms with E-state index in [1.807, 2.05) is 36.7 Å². The first-order chi connectivity index (χ1) is 5.74. The topological polar surface area (TPSA) is 36.1 Å². The zero-order valence-electron chi connectivity index (χ0n) is 6.49. The number of halogens is 1. The highest BCUT2D eigenvalue weighted by Gasteiger charge is 1.94. The Labute approximate surface area is 82.4 Å². The van der Waals surface area contributed by atoms with E-state index in [1.165, 1.54) is 0 Å². The average molecular weight is 243 g/mol. The summed E-state index contributed by atoms with van der Waals surface area (Å²) in [7, 11) is -0.310. The van der Waals surface area contributed by atoms with E-state index in [0.717, 1.165) is 9.37 Å². The first-order valence-corrected chi connectivity index (χ1v) is 5.64. The third kappa shape index (κ3) is 2.43. The van der Waals surface area contributed by atoms with Crippen LogP contribution in [0, 0.1) is 11.5 Å². The summed E-state index contributed by atoms with van der Waals surface area (Å²) in [6, 6.07) is 7.83. The van der Waals surface area contributed by atoms with Crippen LogP contribution in [-0.2, 0) is 10.7 Å². The van der Waals surface area contributed by atoms with Crippen LogP contribution in [0.25, 0.3) is 0 Å². The molecule has 0 heterocycles. The van der Waals surface area contributed by atoms with Crippen molar-refractivity contribution < 1.29 is 0 Å². The van der Waals surface area contributed by atoms with Crippen molar-refractivity contribution >= 4 is 26.6 Å². The fourth-order valence-electron chi connectivity index (χ4n) is 0.765. The lowest BCUT2D eigenvalue weighted by Crippen LogP contribution is -1.85. The number of nitrogens with zero attached hydrogens (tertiary/aromatic N) is 2. The number of nitriles is 1. The van der Waals surface area contributed by atoms with Gasteiger partial charge in [-0.2, -0.15) is 5.26 Å². The van der Waals surface area contributed by atoms with Gasteiger partial charge in [0.15, 0.2) is 0 Å². The minimum absolute atomic E-state index is 0.310. The van der Waals surface area contributed by atoms with Gasteiger partial charge in [0.05, 0.1) is 0 Å². The van der Waals surface area contributed by atoms with Crippen molar-refractivity contribution in [2.75, 3.05) is 6.26 Å². The molecular weight excluding hydrogens is 236 g/mol. The zero-order valence-corrected chi connectivity index (χ0v) is 8.89. The molecule has 0 N–H and O–H groups in total. The van der Waals surface area contributed by atoms with Gasteiger partial charge in [0, 0.05) is 9.37 Å². The van der Waals surface area contributed by atoms with Crippen LogP contribution in [0.15, 0.2) is 38.0 Å². The normalized spacial score (nSPS) is 12.4. The molecule has 1 aromatic carbocycles. The summed E-state index contributed by atoms with van der Waals surface area (Å²) in [6.07, 6.45) is 3.73. The van der Waals surface area contributed by atoms with Crippen LogP contribution in [0.2, 0.25) is 0 Å². The molecule has 1 atom stereocenters. The number of benzene rings is 1. The Bertz CT molecular complexity index is 354. The second kappa shape index (κ2) is 4.39. The third-order valence-electron chi connectivity index (χ3n) is 1.31. The molecule has 0 amide bonds. The summed E-state index contributed by atoms with van der Waals surface area (Å²) in [4.78, 5) is 1.07. The fourth-order valence-corrected chi connectivity index (χ4v) is 2.12. The van der Waals surface area contributed by atoms with Gasteiger partial charge in [-0.1, -0.05) is 32.7 Å². The lowest BCUT2D eigenvalue weighted by molar-refractivity contribution is 1.41. The van der Waals surface area contributed by atoms with Gasteiger partial charge in [-0.25, -0.2) is 0 Å². The first-order valence-electron chi connectivity index (χ1n) is 3.25. The fraction of sp³-hybridized carbons (Fsp3) is 0.125. The minimum Gasteiger partial charge on any atom is -0.170 e. The number of hydrogen-bond acceptors (Lipinski definition) is 2. The van der Waals surface area contributed by atoms with E-state index in [9.17, 15) is 0 Å². The van der Waals surface area contributed by atoms with Gasteiger partial charge in [-0.15, -0.1) is 4.36 Å². The van der Waals surface area contributed by atoms with E-state index in [1.54, 1.807) is 0 Å². The first kappa shape index (κ1) is 9.43. The van der Waals surface area contributed by atoms with Crippen LogP contribution in [0.4, 0.5) is 0 Å². The number of hydrogen-bond donors (Lipinski definition) is 0. The molecule has 0 bridgehead atoms. The molecule has 4 heteroatoms. The van der Waals surface area contributed by atoms with Crippen molar-refractivity contribution in [1.82, 2.24) is 0 Å². The van der Waals surface area contributed by atoms with E-state index in [4.69, 9.17) is 5.26 Å². The van der Waals surface area contributed by atoms with Crippen LogP contribution in [0.5, 0.6) is 0 Å². The van der Waals surface area contributed by atoms with E-state index >= 15 is 0 Å². The summed E-state index contributed by atoms with van der Waals surface area (Å²) < 4.78 is 4.77. The summed E-state index contributed by atoms with van der Waals surface area (Å²) >= 11 is 3.36. The molecule has 0 aliphatic heterocycles. The van der Waals surface area contributed by atoms with Crippen LogP contribution >= 0.6 is 15.9 Å². The van der Waals surface area contributed by atoms with Crippen molar-refractivity contribution in [1.29, 1.82) is 5.26 Å². The maximum absolute atomic E-state index is 8.35. The Hall–Kier alpha value is -0.660. The summed E-state index contributed by atoms with van der Waals surface area (Å²) in [5.41, 5.74) is 0. The minimum atomic E-state index is -0.310. The van der Waals surface area contributed by atoms with E-state index in [-0.39, 0.29) is 10.7 Å². The maximum Gasteiger partial charge on any atom is 0.212 e. The van der Waals surface area contributed by atoms with E-state index in [2.05, 4.69) is 20.3 Å². The Balaban J connectivity index is 3.05. The van der Waals surface area contributed by atoms with Gasteiger partial charge in [-0.3, -0.25) is 0 Å². The highest BCUT2D eigenvalue weighted by Crippen LogP contribution is 2.14. The highest BCUT2D eigenvalue weighted by atomic mass is 79.9. The van der Waals surface area contributed by atoms with Crippen molar-refractivity contribution in [3.8, 4) is 6.19 Å². The van der Waals surface area contributed by atoms with Crippen molar-refractivity contribution in [3.63, 3.8) is 0 Å². The summed E-state index contributed by atoms with van der Waals surface area (Å²) in [5.74, 6) is 0. The summed E-state index contributed by atoms with van der Waals surface area (Å²) in [6.45, 7) is 0. The van der Waals surface area contributed by atoms with Gasteiger partial charge >= 0.3 is 0 Å². The van der Waals surface area contributed by atoms with E-state index in [0.29, 0.717) is 0 Å². The number of rotatable bonds is 1. The lowest BCUT2D eigenvalue weighted by Gasteiger charge is -1.98. The molecule has 12 heavy (non-hydrogen) atoms. The highest BCUT2D eigenvalue weighted by molar-refractivity contribution is 9.10. The molecule has 0 aliphatic carbocycles. The largest absolute Gasteiger partial charge is 0.212 e. The Kier molecular flexibility index (Phi) is 3.45. The van der Waals surface area contributed by atoms with Crippen LogP contribution in [-0.4, -0.2) is 6.26 Å². The standard InChI is InChI=1S/C8H7BrN2S/c1-12(11-6-10)8-4-2-3-7(9)5-8/h2-5H,1H3. The lowest BCUT2D eigenvalue weighted by atomic mass is 10.4. The van der Waals surface area contributed by atoms with Crippen LogP contribution in [0.3, 0.4) is 0 Å². The van der Waals surface area contributed by atoms with E-state index < -0.39 is 0 Å². The molecule has 1 aromatic rings. The molecule has 2 nitrogen and oxygen atoms in total. The SMILES string of the molecule is CS(=NC#N)c1cccc(Br)c1. The van der Waals surface area contributed by atoms with Gasteiger partial charge in [0.1, 0.15) is 0 Å². The monoisotopic (exact) mass is 242 g/mol. The third-order valence-corrected chi connectivity index (χ3v) is 3.10. The smallest absolute Gasteiger partial charge is 0.170 e. The maximum atomic E-state index is 8.35. The van der Waals surface area contributed by atoms with Crippen LogP contribution in [0.1, 0.15) is 0 Å². The predicted molar refractivity (Wildman–Crippen MR) is 53.7 cm³/mol. The zero-order chi connectivity index (χ0) is 8.97. The Morgan fingerprint density at radius 3 is 2.92 bits per heavy atom. The van der Waals surface area contributed by atoms with Crippen LogP contribution < -0.4 is 0 Å². The molecule has 0 radical (unpaired) electrons. The second-order valence-electron chi connectivity index (χ2n) is 2.13. The van der Waals surface area contributed by atoms with Crippen molar-refractivity contribution in [2.24, 2.45) is 4.36 Å². The second-order valence-corrected chi connectivity index (χ2v) is 4.65. The van der Waals surface area contributed by atoms with Gasteiger partial charge < -0.3 is 0 Å². The Morgan fingerprint density at radius 1 is 1.58 bits per heavy atom. The molecule has 62 valence electrons. The molecule has 0 aromatic heterocycles. The Morgan fingerprint density at radius 2 is 2.33 bits per heavy atom. The molecular formula is C8H7BrN2S. The molecule has 0 aliphatic rings. The molecule has 1 rings (SSSR count). The van der Waals surface area contributed by atoms with Crippen molar-refractivity contribution in [2.45, 2.75) is 4.90 Å². The predicted octanol–water partition coefficient (Wildman–Crippen LogP) is 2.72. The molecule has 0 saturated carbocycles. The van der Waals surface area contributed by atoms with Gasteiger partial charge in [0.25, 0.3) is 0 Å². The molecule has 1 unspecified atom stereocenters. The van der Waals surface area contributed by atoms with Crippen molar-refractivity contribution in [3.05, 3.63) is 28.7 Å². The molecule has 0 saturated heterocycles. The van der Waals surface area contributed by atoms with Gasteiger partial charge in [-0.05, 0) is 24.5 Å². The van der Waals surface area contributed by atoms with Gasteiger partial charge in [0.2, 0.25) is 6.19 Å². The molecule has 0 spiro atoms. The molecule has 0 fully saturated rings. The summed E-state index contributed by atoms with van der Waals surface area (Å²) in [5, 5.41) is 8.35. The quantitative estimate of drug-likeness (QED) is 0.698. The average Bonchev–Trinajstić information content (AvgIpc) is 2.05.